The van der Waals surface area contributed by atoms with Crippen LogP contribution in [0.25, 0.3) is 11.4 Å². The maximum atomic E-state index is 12.5. The van der Waals surface area contributed by atoms with Crippen LogP contribution in [0.5, 0.6) is 5.75 Å². The summed E-state index contributed by atoms with van der Waals surface area (Å²) in [5.41, 5.74) is 0.906. The van der Waals surface area contributed by atoms with Crippen molar-refractivity contribution in [3.8, 4) is 17.1 Å². The molecule has 0 fully saturated rings. The lowest BCUT2D eigenvalue weighted by molar-refractivity contribution is -0.115. The van der Waals surface area contributed by atoms with Gasteiger partial charge in [-0.2, -0.15) is 0 Å². The van der Waals surface area contributed by atoms with Crippen LogP contribution in [0.4, 0.5) is 5.13 Å². The monoisotopic (exact) mass is 416 g/mol. The fraction of sp³-hybridized carbons (Fsp3) is 0.278. The van der Waals surface area contributed by atoms with Crippen molar-refractivity contribution in [3.05, 3.63) is 41.9 Å². The smallest absolute Gasteiger partial charge is 0.239 e. The van der Waals surface area contributed by atoms with Crippen LogP contribution in [0.15, 0.2) is 42.1 Å². The van der Waals surface area contributed by atoms with Crippen molar-refractivity contribution < 1.29 is 9.53 Å². The second-order valence-corrected chi connectivity index (χ2v) is 8.30. The number of benzene rings is 1. The summed E-state index contributed by atoms with van der Waals surface area (Å²) in [4.78, 5) is 12.5. The fourth-order valence-electron chi connectivity index (χ4n) is 2.39. The second-order valence-electron chi connectivity index (χ2n) is 5.81. The molecule has 3 rings (SSSR count). The Morgan fingerprint density at radius 1 is 1.32 bits per heavy atom. The summed E-state index contributed by atoms with van der Waals surface area (Å²) < 4.78 is 7.13. The first-order valence-electron chi connectivity index (χ1n) is 8.48. The zero-order chi connectivity index (χ0) is 20.1. The van der Waals surface area contributed by atoms with Crippen LogP contribution in [-0.2, 0) is 11.3 Å². The number of anilines is 1. The predicted octanol–water partition coefficient (Wildman–Crippen LogP) is 3.42. The third-order valence-corrected chi connectivity index (χ3v) is 5.62. The first-order valence-corrected chi connectivity index (χ1v) is 10.2. The third-order valence-electron chi connectivity index (χ3n) is 3.78. The van der Waals surface area contributed by atoms with E-state index in [0.717, 1.165) is 16.3 Å². The number of allylic oxidation sites excluding steroid dienone is 1. The normalized spacial score (nSPS) is 11.8. The zero-order valence-corrected chi connectivity index (χ0v) is 17.4. The number of amides is 1. The maximum Gasteiger partial charge on any atom is 0.239 e. The lowest BCUT2D eigenvalue weighted by Crippen LogP contribution is -2.22. The Morgan fingerprint density at radius 3 is 2.68 bits per heavy atom. The summed E-state index contributed by atoms with van der Waals surface area (Å²) in [5.74, 6) is 1.31. The lowest BCUT2D eigenvalue weighted by atomic mass is 10.2. The quantitative estimate of drug-likeness (QED) is 0.444. The van der Waals surface area contributed by atoms with Crippen molar-refractivity contribution >= 4 is 34.1 Å². The van der Waals surface area contributed by atoms with E-state index in [4.69, 9.17) is 4.74 Å². The number of carbonyl (C=O) groups excluding carboxylic acids is 1. The molecule has 10 heteroatoms. The SMILES string of the molecule is C=CCn1c(S[C@H](C)C(=O)Nc2nnc(C)s2)nnc1-c1ccc(OC)cc1. The molecule has 0 aliphatic rings. The lowest BCUT2D eigenvalue weighted by Gasteiger charge is -2.12. The number of aryl methyl sites for hydroxylation is 1. The van der Waals surface area contributed by atoms with E-state index in [0.29, 0.717) is 22.7 Å². The predicted molar refractivity (Wildman–Crippen MR) is 111 cm³/mol. The standard InChI is InChI=1S/C18H20N6O2S2/c1-5-10-24-15(13-6-8-14(26-4)9-7-13)21-23-18(24)27-11(2)16(25)19-17-22-20-12(3)28-17/h5-9,11H,1,10H2,2-4H3,(H,19,22,25)/t11-/m1/s1. The molecule has 1 amide bonds. The van der Waals surface area contributed by atoms with Crippen molar-refractivity contribution in [1.29, 1.82) is 0 Å². The molecule has 0 radical (unpaired) electrons. The number of methoxy groups -OCH3 is 1. The molecule has 1 aromatic carbocycles. The largest absolute Gasteiger partial charge is 0.497 e. The Hall–Kier alpha value is -2.72. The van der Waals surface area contributed by atoms with E-state index in [1.54, 1.807) is 13.2 Å². The first-order chi connectivity index (χ1) is 13.5. The van der Waals surface area contributed by atoms with Crippen LogP contribution in [0, 0.1) is 6.92 Å². The Labute approximate surface area is 171 Å². The highest BCUT2D eigenvalue weighted by molar-refractivity contribution is 8.00. The molecule has 0 aliphatic heterocycles. The molecule has 28 heavy (non-hydrogen) atoms. The Balaban J connectivity index is 1.78. The van der Waals surface area contributed by atoms with E-state index in [2.05, 4.69) is 32.3 Å². The van der Waals surface area contributed by atoms with Gasteiger partial charge in [0.15, 0.2) is 11.0 Å². The number of aromatic nitrogens is 5. The molecule has 0 aliphatic carbocycles. The molecular weight excluding hydrogens is 396 g/mol. The number of nitrogens with zero attached hydrogens (tertiary/aromatic N) is 5. The molecule has 1 N–H and O–H groups in total. The molecule has 2 aromatic heterocycles. The first kappa shape index (κ1) is 20.0. The van der Waals surface area contributed by atoms with Gasteiger partial charge in [0, 0.05) is 12.1 Å². The molecule has 0 bridgehead atoms. The van der Waals surface area contributed by atoms with Gasteiger partial charge in [-0.15, -0.1) is 27.0 Å². The number of carbonyl (C=O) groups is 1. The molecule has 3 aromatic rings. The highest BCUT2D eigenvalue weighted by Gasteiger charge is 2.21. The van der Waals surface area contributed by atoms with E-state index in [-0.39, 0.29) is 11.2 Å². The number of thioether (sulfide) groups is 1. The number of rotatable bonds is 8. The molecule has 0 unspecified atom stereocenters. The van der Waals surface area contributed by atoms with Crippen LogP contribution < -0.4 is 10.1 Å². The van der Waals surface area contributed by atoms with Gasteiger partial charge in [-0.3, -0.25) is 14.7 Å². The van der Waals surface area contributed by atoms with Gasteiger partial charge in [0.1, 0.15) is 10.8 Å². The molecule has 0 saturated heterocycles. The fourth-order valence-corrected chi connectivity index (χ4v) is 3.84. The van der Waals surface area contributed by atoms with Gasteiger partial charge < -0.3 is 4.74 Å². The Kier molecular flexibility index (Phi) is 6.42. The van der Waals surface area contributed by atoms with Gasteiger partial charge in [-0.05, 0) is 38.1 Å². The minimum atomic E-state index is -0.388. The van der Waals surface area contributed by atoms with Crippen molar-refractivity contribution in [2.45, 2.75) is 30.8 Å². The summed E-state index contributed by atoms with van der Waals surface area (Å²) in [5, 5.41) is 20.7. The van der Waals surface area contributed by atoms with Gasteiger partial charge in [-0.25, -0.2) is 0 Å². The van der Waals surface area contributed by atoms with E-state index in [9.17, 15) is 4.79 Å². The highest BCUT2D eigenvalue weighted by Crippen LogP contribution is 2.28. The van der Waals surface area contributed by atoms with Crippen molar-refractivity contribution in [1.82, 2.24) is 25.0 Å². The molecule has 2 heterocycles. The van der Waals surface area contributed by atoms with Crippen LogP contribution in [-0.4, -0.2) is 43.2 Å². The van der Waals surface area contributed by atoms with Crippen LogP contribution in [0.3, 0.4) is 0 Å². The van der Waals surface area contributed by atoms with Gasteiger partial charge in [0.2, 0.25) is 11.0 Å². The number of hydrogen-bond acceptors (Lipinski definition) is 8. The summed E-state index contributed by atoms with van der Waals surface area (Å²) in [7, 11) is 1.62. The molecule has 0 saturated carbocycles. The van der Waals surface area contributed by atoms with Crippen molar-refractivity contribution in [2.24, 2.45) is 0 Å². The van der Waals surface area contributed by atoms with Crippen LogP contribution in [0.1, 0.15) is 11.9 Å². The maximum absolute atomic E-state index is 12.5. The van der Waals surface area contributed by atoms with Gasteiger partial charge in [0.25, 0.3) is 0 Å². The Morgan fingerprint density at radius 2 is 2.07 bits per heavy atom. The average molecular weight is 417 g/mol. The summed E-state index contributed by atoms with van der Waals surface area (Å²) in [6.07, 6.45) is 1.77. The molecule has 0 spiro atoms. The zero-order valence-electron chi connectivity index (χ0n) is 15.7. The van der Waals surface area contributed by atoms with Gasteiger partial charge in [0.05, 0.1) is 12.4 Å². The third kappa shape index (κ3) is 4.57. The van der Waals surface area contributed by atoms with E-state index >= 15 is 0 Å². The van der Waals surface area contributed by atoms with Crippen molar-refractivity contribution in [3.63, 3.8) is 0 Å². The van der Waals surface area contributed by atoms with Crippen LogP contribution in [0.2, 0.25) is 0 Å². The number of hydrogen-bond donors (Lipinski definition) is 1. The topological polar surface area (TPSA) is 94.8 Å². The minimum absolute atomic E-state index is 0.166. The van der Waals surface area contributed by atoms with Gasteiger partial charge in [-0.1, -0.05) is 29.2 Å². The number of ether oxygens (including phenoxy) is 1. The van der Waals surface area contributed by atoms with E-state index in [1.165, 1.54) is 23.1 Å². The average Bonchev–Trinajstić information content (AvgIpc) is 3.28. The number of nitrogens with one attached hydrogen (secondary N) is 1. The second kappa shape index (κ2) is 8.98. The van der Waals surface area contributed by atoms with Gasteiger partial charge >= 0.3 is 0 Å². The molecule has 8 nitrogen and oxygen atoms in total. The van der Waals surface area contributed by atoms with E-state index in [1.807, 2.05) is 42.7 Å². The van der Waals surface area contributed by atoms with Crippen LogP contribution >= 0.6 is 23.1 Å². The van der Waals surface area contributed by atoms with Crippen molar-refractivity contribution in [2.75, 3.05) is 12.4 Å². The summed E-state index contributed by atoms with van der Waals surface area (Å²) in [6, 6.07) is 7.58. The summed E-state index contributed by atoms with van der Waals surface area (Å²) >= 11 is 2.66. The summed E-state index contributed by atoms with van der Waals surface area (Å²) in [6.45, 7) is 7.99. The molecule has 146 valence electrons. The van der Waals surface area contributed by atoms with E-state index < -0.39 is 0 Å². The molecular formula is C18H20N6O2S2. The molecule has 1 atom stereocenters. The Bertz CT molecular complexity index is 967. The minimum Gasteiger partial charge on any atom is -0.497 e. The highest BCUT2D eigenvalue weighted by atomic mass is 32.2.